The van der Waals surface area contributed by atoms with Crippen LogP contribution < -0.4 is 10.9 Å². The van der Waals surface area contributed by atoms with Crippen molar-refractivity contribution in [2.24, 2.45) is 0 Å². The number of hydrogen-bond donors (Lipinski definition) is 1. The maximum atomic E-state index is 12.9. The van der Waals surface area contributed by atoms with Crippen LogP contribution in [-0.4, -0.2) is 50.3 Å². The van der Waals surface area contributed by atoms with E-state index in [2.05, 4.69) is 32.9 Å². The maximum absolute atomic E-state index is 12.9. The molecule has 0 bridgehead atoms. The minimum Gasteiger partial charge on any atom is -0.444 e. The van der Waals surface area contributed by atoms with E-state index in [1.54, 1.807) is 11.1 Å². The average Bonchev–Trinajstić information content (AvgIpc) is 3.23. The second kappa shape index (κ2) is 8.91. The topological polar surface area (TPSA) is 89.4 Å². The van der Waals surface area contributed by atoms with Crippen LogP contribution in [0.3, 0.4) is 0 Å². The van der Waals surface area contributed by atoms with Crippen LogP contribution in [0.4, 0.5) is 10.7 Å². The molecule has 1 aliphatic carbocycles. The molecule has 0 radical (unpaired) electrons. The molecule has 1 aliphatic heterocycles. The molecule has 0 atom stereocenters. The monoisotopic (exact) mass is 539 g/mol. The minimum atomic E-state index is -0.488. The van der Waals surface area contributed by atoms with Crippen molar-refractivity contribution in [3.63, 3.8) is 0 Å². The van der Waals surface area contributed by atoms with Gasteiger partial charge in [-0.15, -0.1) is 0 Å². The average molecular weight is 539 g/mol. The number of anilines is 1. The third-order valence-corrected chi connectivity index (χ3v) is 6.67. The fraction of sp³-hybridized carbons (Fsp3) is 0.636. The highest BCUT2D eigenvalue weighted by atomic mass is 127. The standard InChI is InChI=1S/C22H30IN5O3/c1-22(2,3)31-21(30)27-10-8-15(9-11-27)25-20-24-13-14-12-17(23)19(29)28(18(14)26-20)16-6-4-5-7-16/h12-13,15-16H,4-11H2,1-3H3,(H,24,25,26). The van der Waals surface area contributed by atoms with Crippen LogP contribution in [0.25, 0.3) is 11.0 Å². The second-order valence-corrected chi connectivity index (χ2v) is 10.6. The molecule has 1 saturated heterocycles. The summed E-state index contributed by atoms with van der Waals surface area (Å²) in [6, 6.07) is 2.25. The largest absolute Gasteiger partial charge is 0.444 e. The maximum Gasteiger partial charge on any atom is 0.410 e. The summed E-state index contributed by atoms with van der Waals surface area (Å²) in [6.45, 7) is 6.89. The fourth-order valence-corrected chi connectivity index (χ4v) is 4.97. The first-order chi connectivity index (χ1) is 14.7. The van der Waals surface area contributed by atoms with Gasteiger partial charge in [-0.3, -0.25) is 9.36 Å². The number of ether oxygens (including phenoxy) is 1. The number of pyridine rings is 1. The first-order valence-corrected chi connectivity index (χ1v) is 12.1. The molecule has 31 heavy (non-hydrogen) atoms. The number of piperidine rings is 1. The molecule has 4 rings (SSSR count). The molecule has 168 valence electrons. The fourth-order valence-electron chi connectivity index (χ4n) is 4.37. The van der Waals surface area contributed by atoms with Gasteiger partial charge in [0, 0.05) is 36.8 Å². The number of carbonyl (C=O) groups excluding carboxylic acids is 1. The Kier molecular flexibility index (Phi) is 6.41. The van der Waals surface area contributed by atoms with Gasteiger partial charge in [0.15, 0.2) is 0 Å². The summed E-state index contributed by atoms with van der Waals surface area (Å²) >= 11 is 2.11. The molecule has 2 aromatic rings. The van der Waals surface area contributed by atoms with Crippen molar-refractivity contribution in [1.29, 1.82) is 0 Å². The summed E-state index contributed by atoms with van der Waals surface area (Å²) in [7, 11) is 0. The predicted octanol–water partition coefficient (Wildman–Crippen LogP) is 4.32. The van der Waals surface area contributed by atoms with Crippen molar-refractivity contribution in [1.82, 2.24) is 19.4 Å². The second-order valence-electron chi connectivity index (χ2n) is 9.46. The molecular formula is C22H30IN5O3. The smallest absolute Gasteiger partial charge is 0.410 e. The van der Waals surface area contributed by atoms with E-state index in [0.717, 1.165) is 43.9 Å². The summed E-state index contributed by atoms with van der Waals surface area (Å²) in [5.74, 6) is 0.538. The summed E-state index contributed by atoms with van der Waals surface area (Å²) in [5.41, 5.74) is 0.259. The molecular weight excluding hydrogens is 509 g/mol. The van der Waals surface area contributed by atoms with Gasteiger partial charge in [0.1, 0.15) is 11.2 Å². The Morgan fingerprint density at radius 2 is 1.87 bits per heavy atom. The highest BCUT2D eigenvalue weighted by Gasteiger charge is 2.27. The minimum absolute atomic E-state index is 0.0373. The molecule has 8 nitrogen and oxygen atoms in total. The lowest BCUT2D eigenvalue weighted by atomic mass is 10.1. The van der Waals surface area contributed by atoms with Crippen molar-refractivity contribution in [3.8, 4) is 0 Å². The summed E-state index contributed by atoms with van der Waals surface area (Å²) in [5, 5.41) is 4.30. The lowest BCUT2D eigenvalue weighted by Gasteiger charge is -2.33. The van der Waals surface area contributed by atoms with E-state index in [1.807, 2.05) is 31.4 Å². The number of halogens is 1. The number of nitrogens with one attached hydrogen (secondary N) is 1. The third-order valence-electron chi connectivity index (χ3n) is 5.90. The van der Waals surface area contributed by atoms with Crippen LogP contribution in [-0.2, 0) is 4.74 Å². The van der Waals surface area contributed by atoms with Crippen LogP contribution in [0, 0.1) is 3.57 Å². The Balaban J connectivity index is 1.49. The van der Waals surface area contributed by atoms with Crippen molar-refractivity contribution >= 4 is 45.7 Å². The van der Waals surface area contributed by atoms with Gasteiger partial charge in [-0.1, -0.05) is 12.8 Å². The quantitative estimate of drug-likeness (QED) is 0.585. The molecule has 0 unspecified atom stereocenters. The van der Waals surface area contributed by atoms with Gasteiger partial charge in [0.05, 0.1) is 3.57 Å². The van der Waals surface area contributed by atoms with E-state index in [4.69, 9.17) is 9.72 Å². The van der Waals surface area contributed by atoms with Gasteiger partial charge >= 0.3 is 6.09 Å². The number of aromatic nitrogens is 3. The number of hydrogen-bond acceptors (Lipinski definition) is 6. The zero-order valence-corrected chi connectivity index (χ0v) is 20.5. The molecule has 2 aromatic heterocycles. The van der Waals surface area contributed by atoms with Crippen LogP contribution in [0.2, 0.25) is 0 Å². The summed E-state index contributed by atoms with van der Waals surface area (Å²) in [6.07, 6.45) is 7.46. The Hall–Kier alpha value is -1.91. The number of amides is 1. The molecule has 0 spiro atoms. The van der Waals surface area contributed by atoms with E-state index in [0.29, 0.717) is 28.3 Å². The molecule has 1 N–H and O–H groups in total. The van der Waals surface area contributed by atoms with Gasteiger partial charge in [-0.05, 0) is 75.1 Å². The highest BCUT2D eigenvalue weighted by molar-refractivity contribution is 14.1. The number of likely N-dealkylation sites (tertiary alicyclic amines) is 1. The van der Waals surface area contributed by atoms with Crippen LogP contribution in [0.1, 0.15) is 65.3 Å². The lowest BCUT2D eigenvalue weighted by Crippen LogP contribution is -2.44. The van der Waals surface area contributed by atoms with Gasteiger partial charge in [-0.25, -0.2) is 9.78 Å². The lowest BCUT2D eigenvalue weighted by molar-refractivity contribution is 0.0210. The van der Waals surface area contributed by atoms with Crippen LogP contribution in [0.15, 0.2) is 17.1 Å². The molecule has 3 heterocycles. The number of nitrogens with zero attached hydrogens (tertiary/aromatic N) is 4. The van der Waals surface area contributed by atoms with Crippen molar-refractivity contribution < 1.29 is 9.53 Å². The van der Waals surface area contributed by atoms with Crippen LogP contribution >= 0.6 is 22.6 Å². The Labute approximate surface area is 195 Å². The number of fused-ring (bicyclic) bond motifs is 1. The molecule has 1 saturated carbocycles. The zero-order chi connectivity index (χ0) is 22.2. The SMILES string of the molecule is CC(C)(C)OC(=O)N1CCC(Nc2ncc3cc(I)c(=O)n(C4CCCC4)c3n2)CC1. The van der Waals surface area contributed by atoms with E-state index in [-0.39, 0.29) is 23.7 Å². The molecule has 9 heteroatoms. The highest BCUT2D eigenvalue weighted by Crippen LogP contribution is 2.31. The van der Waals surface area contributed by atoms with E-state index in [9.17, 15) is 9.59 Å². The normalized spacial score (nSPS) is 18.5. The molecule has 1 amide bonds. The van der Waals surface area contributed by atoms with Gasteiger partial charge < -0.3 is 15.0 Å². The Bertz CT molecular complexity index is 1020. The number of carbonyl (C=O) groups is 1. The van der Waals surface area contributed by atoms with E-state index in [1.165, 1.54) is 0 Å². The van der Waals surface area contributed by atoms with Crippen LogP contribution in [0.5, 0.6) is 0 Å². The predicted molar refractivity (Wildman–Crippen MR) is 128 cm³/mol. The molecule has 0 aromatic carbocycles. The van der Waals surface area contributed by atoms with Gasteiger partial charge in [0.25, 0.3) is 5.56 Å². The summed E-state index contributed by atoms with van der Waals surface area (Å²) < 4.78 is 8.05. The van der Waals surface area contributed by atoms with Crippen molar-refractivity contribution in [3.05, 3.63) is 26.2 Å². The van der Waals surface area contributed by atoms with E-state index < -0.39 is 5.60 Å². The Morgan fingerprint density at radius 3 is 2.52 bits per heavy atom. The number of rotatable bonds is 3. The van der Waals surface area contributed by atoms with Crippen molar-refractivity contribution in [2.75, 3.05) is 18.4 Å². The third kappa shape index (κ3) is 5.12. The van der Waals surface area contributed by atoms with Gasteiger partial charge in [-0.2, -0.15) is 4.98 Å². The molecule has 2 fully saturated rings. The zero-order valence-electron chi connectivity index (χ0n) is 18.4. The van der Waals surface area contributed by atoms with Crippen molar-refractivity contribution in [2.45, 2.75) is 77.0 Å². The van der Waals surface area contributed by atoms with Gasteiger partial charge in [0.2, 0.25) is 5.95 Å². The first-order valence-electron chi connectivity index (χ1n) is 11.0. The first kappa shape index (κ1) is 22.3. The Morgan fingerprint density at radius 1 is 1.19 bits per heavy atom. The molecule has 2 aliphatic rings. The van der Waals surface area contributed by atoms with E-state index >= 15 is 0 Å². The summed E-state index contributed by atoms with van der Waals surface area (Å²) in [4.78, 5) is 36.2.